The van der Waals surface area contributed by atoms with Crippen LogP contribution in [0, 0.1) is 0 Å². The molecule has 2 rings (SSSR count). The maximum absolute atomic E-state index is 12.8. The van der Waals surface area contributed by atoms with Gasteiger partial charge < -0.3 is 25.8 Å². The summed E-state index contributed by atoms with van der Waals surface area (Å²) in [6.45, 7) is 6.52. The second-order valence-electron chi connectivity index (χ2n) is 8.46. The van der Waals surface area contributed by atoms with E-state index >= 15 is 0 Å². The van der Waals surface area contributed by atoms with Gasteiger partial charge >= 0.3 is 29.6 Å². The summed E-state index contributed by atoms with van der Waals surface area (Å²) in [7, 11) is -0.821. The van der Waals surface area contributed by atoms with E-state index in [0.29, 0.717) is 24.3 Å². The van der Waals surface area contributed by atoms with Crippen LogP contribution in [0.2, 0.25) is 0 Å². The van der Waals surface area contributed by atoms with Crippen molar-refractivity contribution < 1.29 is 22.7 Å². The third-order valence-corrected chi connectivity index (χ3v) is 6.67. The van der Waals surface area contributed by atoms with Crippen molar-refractivity contribution in [3.05, 3.63) is 53.1 Å². The molecular formula is C23H32N3NaO5S2. The number of benzene rings is 2. The number of nitrogens with two attached hydrogens (primary N) is 1. The van der Waals surface area contributed by atoms with E-state index in [2.05, 4.69) is 31.4 Å². The summed E-state index contributed by atoms with van der Waals surface area (Å²) < 4.78 is 35.9. The summed E-state index contributed by atoms with van der Waals surface area (Å²) in [5.74, 6) is 0.00265. The Labute approximate surface area is 229 Å². The molecule has 11 heteroatoms. The van der Waals surface area contributed by atoms with Crippen molar-refractivity contribution in [1.29, 1.82) is 0 Å². The van der Waals surface area contributed by atoms with E-state index in [-0.39, 0.29) is 56.6 Å². The number of carbonyl (C=O) groups excluding carboxylic acids is 1. The fourth-order valence-corrected chi connectivity index (χ4v) is 4.58. The number of thiocarbonyl (C=S) groups is 1. The van der Waals surface area contributed by atoms with E-state index in [1.165, 1.54) is 20.3 Å². The third-order valence-electron chi connectivity index (χ3n) is 5.01. The van der Waals surface area contributed by atoms with Crippen LogP contribution < -0.4 is 25.8 Å². The Morgan fingerprint density at radius 2 is 1.65 bits per heavy atom. The molecule has 0 unspecified atom stereocenters. The van der Waals surface area contributed by atoms with Crippen LogP contribution in [-0.2, 0) is 21.7 Å². The maximum atomic E-state index is 12.8. The van der Waals surface area contributed by atoms with E-state index in [0.717, 1.165) is 11.1 Å². The Morgan fingerprint density at radius 3 is 2.21 bits per heavy atom. The van der Waals surface area contributed by atoms with Crippen LogP contribution in [-0.4, -0.2) is 75.6 Å². The Hall–Kier alpha value is -1.85. The number of carbonyl (C=O) groups is 1. The topological polar surface area (TPSA) is 120 Å². The second-order valence-corrected chi connectivity index (χ2v) is 10.9. The van der Waals surface area contributed by atoms with Gasteiger partial charge in [0.05, 0.1) is 19.8 Å². The summed E-state index contributed by atoms with van der Waals surface area (Å²) in [5, 5.41) is 5.23. The molecule has 0 heterocycles. The van der Waals surface area contributed by atoms with Crippen LogP contribution >= 0.6 is 12.2 Å². The predicted octanol–water partition coefficient (Wildman–Crippen LogP) is 1.89. The van der Waals surface area contributed by atoms with Crippen LogP contribution in [0.25, 0.3) is 0 Å². The number of hydrogen-bond acceptors (Lipinski definition) is 6. The molecule has 2 aromatic carbocycles. The van der Waals surface area contributed by atoms with Gasteiger partial charge in [-0.15, -0.1) is 0 Å². The van der Waals surface area contributed by atoms with Crippen LogP contribution in [0.3, 0.4) is 0 Å². The molecule has 1 amide bonds. The van der Waals surface area contributed by atoms with Crippen molar-refractivity contribution in [3.8, 4) is 11.5 Å². The van der Waals surface area contributed by atoms with Gasteiger partial charge in [0.25, 0.3) is 5.91 Å². The fraction of sp³-hybridized carbons (Fsp3) is 0.391. The first-order valence-corrected chi connectivity index (χ1v) is 12.3. The molecule has 0 spiro atoms. The molecule has 0 atom stereocenters. The molecule has 2 aromatic rings. The molecule has 182 valence electrons. The van der Waals surface area contributed by atoms with E-state index in [9.17, 15) is 13.2 Å². The first-order chi connectivity index (χ1) is 15.4. The Balaban J connectivity index is 0.00000578. The van der Waals surface area contributed by atoms with Gasteiger partial charge in [0, 0.05) is 6.54 Å². The van der Waals surface area contributed by atoms with E-state index in [1.54, 1.807) is 18.2 Å². The Morgan fingerprint density at radius 1 is 1.03 bits per heavy atom. The number of sulfone groups is 1. The number of methoxy groups -OCH3 is 2. The molecule has 0 fully saturated rings. The average molecular weight is 518 g/mol. The van der Waals surface area contributed by atoms with Crippen LogP contribution in [0.4, 0.5) is 0 Å². The molecule has 0 radical (unpaired) electrons. The number of amides is 1. The molecule has 0 aromatic heterocycles. The zero-order valence-electron chi connectivity index (χ0n) is 19.5. The molecule has 0 aliphatic heterocycles. The normalized spacial score (nSPS) is 11.2. The fourth-order valence-electron chi connectivity index (χ4n) is 3.13. The summed E-state index contributed by atoms with van der Waals surface area (Å²) >= 11 is 4.69. The van der Waals surface area contributed by atoms with Crippen LogP contribution in [0.1, 0.15) is 42.3 Å². The third kappa shape index (κ3) is 8.13. The van der Waals surface area contributed by atoms with Gasteiger partial charge in [-0.25, -0.2) is 8.42 Å². The van der Waals surface area contributed by atoms with Crippen molar-refractivity contribution in [2.75, 3.05) is 26.6 Å². The standard InChI is InChI=1S/C23H31N3O5S2.Na.H/c1-23(2,3)16-7-9-18(30-4)17(13-16)21(27)25-11-10-15-6-8-19(31-5)20(12-15)33(28,29)14-26-22(24)32;;/h6-9,12-13H,10-11,14H2,1-5H3,(H,25,27)(H3,24,26,32);;. The average Bonchev–Trinajstić information content (AvgIpc) is 2.76. The zero-order chi connectivity index (χ0) is 24.8. The predicted molar refractivity (Wildman–Crippen MR) is 140 cm³/mol. The number of ether oxygens (including phenoxy) is 2. The first kappa shape index (κ1) is 30.2. The monoisotopic (exact) mass is 517 g/mol. The Kier molecular flexibility index (Phi) is 11.3. The molecule has 0 saturated carbocycles. The van der Waals surface area contributed by atoms with E-state index in [4.69, 9.17) is 27.4 Å². The quantitative estimate of drug-likeness (QED) is 0.341. The zero-order valence-corrected chi connectivity index (χ0v) is 21.2. The van der Waals surface area contributed by atoms with Gasteiger partial charge in [-0.05, 0) is 59.4 Å². The number of rotatable bonds is 9. The van der Waals surface area contributed by atoms with Crippen LogP contribution in [0.15, 0.2) is 41.3 Å². The molecule has 0 bridgehead atoms. The van der Waals surface area contributed by atoms with Crippen molar-refractivity contribution in [2.24, 2.45) is 5.73 Å². The molecule has 0 saturated heterocycles. The van der Waals surface area contributed by atoms with Gasteiger partial charge in [0.15, 0.2) is 14.9 Å². The SMILES string of the molecule is COc1ccc(C(C)(C)C)cc1C(=O)NCCc1ccc(OC)c(S(=O)(=O)CNC(N)=S)c1.[NaH]. The summed E-state index contributed by atoms with van der Waals surface area (Å²) in [6.07, 6.45) is 0.419. The van der Waals surface area contributed by atoms with Gasteiger partial charge in [-0.2, -0.15) is 0 Å². The minimum absolute atomic E-state index is 0. The van der Waals surface area contributed by atoms with E-state index < -0.39 is 15.7 Å². The van der Waals surface area contributed by atoms with Gasteiger partial charge in [0.2, 0.25) is 0 Å². The molecule has 4 N–H and O–H groups in total. The van der Waals surface area contributed by atoms with E-state index in [1.807, 2.05) is 12.1 Å². The van der Waals surface area contributed by atoms with Gasteiger partial charge in [-0.3, -0.25) is 4.79 Å². The summed E-state index contributed by atoms with van der Waals surface area (Å²) in [4.78, 5) is 12.9. The van der Waals surface area contributed by atoms with Crippen molar-refractivity contribution in [1.82, 2.24) is 10.6 Å². The van der Waals surface area contributed by atoms with Crippen molar-refractivity contribution >= 4 is 62.6 Å². The van der Waals surface area contributed by atoms with Crippen molar-refractivity contribution in [2.45, 2.75) is 37.5 Å². The minimum atomic E-state index is -3.74. The van der Waals surface area contributed by atoms with Gasteiger partial charge in [0.1, 0.15) is 22.3 Å². The number of nitrogens with one attached hydrogen (secondary N) is 2. The summed E-state index contributed by atoms with van der Waals surface area (Å²) in [6, 6.07) is 10.4. The Bertz CT molecular complexity index is 1130. The molecular weight excluding hydrogens is 485 g/mol. The molecule has 0 aliphatic carbocycles. The second kappa shape index (κ2) is 12.7. The molecule has 34 heavy (non-hydrogen) atoms. The van der Waals surface area contributed by atoms with Gasteiger partial charge in [-0.1, -0.05) is 32.9 Å². The van der Waals surface area contributed by atoms with Crippen molar-refractivity contribution in [3.63, 3.8) is 0 Å². The molecule has 8 nitrogen and oxygen atoms in total. The number of hydrogen-bond donors (Lipinski definition) is 3. The summed E-state index contributed by atoms with van der Waals surface area (Å²) in [5.41, 5.74) is 7.42. The van der Waals surface area contributed by atoms with Crippen LogP contribution in [0.5, 0.6) is 11.5 Å². The first-order valence-electron chi connectivity index (χ1n) is 10.3. The molecule has 0 aliphatic rings.